The van der Waals surface area contributed by atoms with Crippen molar-refractivity contribution in [3.63, 3.8) is 0 Å². The third kappa shape index (κ3) is 3.83. The van der Waals surface area contributed by atoms with Crippen LogP contribution in [0.5, 0.6) is 5.75 Å². The minimum Gasteiger partial charge on any atom is -0.497 e. The quantitative estimate of drug-likeness (QED) is 0.725. The molecule has 1 aliphatic carbocycles. The normalized spacial score (nSPS) is 18.2. The number of ketones is 1. The second-order valence-corrected chi connectivity index (χ2v) is 6.21. The summed E-state index contributed by atoms with van der Waals surface area (Å²) in [5.41, 5.74) is 5.16. The van der Waals surface area contributed by atoms with E-state index >= 15 is 0 Å². The number of rotatable bonds is 3. The lowest BCUT2D eigenvalue weighted by molar-refractivity contribution is -0.112. The van der Waals surface area contributed by atoms with Crippen LogP contribution >= 0.6 is 0 Å². The number of hydrogen-bond donors (Lipinski definition) is 0. The minimum atomic E-state index is 0.178. The Bertz CT molecular complexity index is 778. The molecule has 24 heavy (non-hydrogen) atoms. The summed E-state index contributed by atoms with van der Waals surface area (Å²) >= 11 is 0. The van der Waals surface area contributed by atoms with Crippen LogP contribution in [0.25, 0.3) is 12.2 Å². The number of aryl methyl sites for hydroxylation is 1. The SMILES string of the molecule is COc1ccc(/C=C2\CCC/C(=C\c3ccc(C)cc3)C2=O)cc1. The molecule has 0 aliphatic heterocycles. The van der Waals surface area contributed by atoms with Gasteiger partial charge in [-0.25, -0.2) is 0 Å². The molecule has 1 fully saturated rings. The van der Waals surface area contributed by atoms with Gasteiger partial charge in [0.25, 0.3) is 0 Å². The van der Waals surface area contributed by atoms with Crippen molar-refractivity contribution in [1.82, 2.24) is 0 Å². The zero-order valence-corrected chi connectivity index (χ0v) is 14.2. The third-order valence-corrected chi connectivity index (χ3v) is 4.35. The predicted molar refractivity (Wildman–Crippen MR) is 99.0 cm³/mol. The maximum atomic E-state index is 12.8. The Balaban J connectivity index is 1.83. The van der Waals surface area contributed by atoms with Crippen LogP contribution in [-0.4, -0.2) is 12.9 Å². The highest BCUT2D eigenvalue weighted by Gasteiger charge is 2.20. The van der Waals surface area contributed by atoms with Crippen LogP contribution in [0.4, 0.5) is 0 Å². The summed E-state index contributed by atoms with van der Waals surface area (Å²) in [5, 5.41) is 0. The molecule has 2 nitrogen and oxygen atoms in total. The molecule has 0 heterocycles. The number of carbonyl (C=O) groups is 1. The lowest BCUT2D eigenvalue weighted by atomic mass is 9.87. The van der Waals surface area contributed by atoms with Crippen molar-refractivity contribution in [2.24, 2.45) is 0 Å². The number of methoxy groups -OCH3 is 1. The first-order chi connectivity index (χ1) is 11.7. The van der Waals surface area contributed by atoms with E-state index in [2.05, 4.69) is 31.2 Å². The molecule has 0 spiro atoms. The Kier molecular flexibility index (Phi) is 4.95. The third-order valence-electron chi connectivity index (χ3n) is 4.35. The van der Waals surface area contributed by atoms with E-state index in [0.29, 0.717) is 0 Å². The average Bonchev–Trinajstić information content (AvgIpc) is 2.61. The molecule has 0 saturated heterocycles. The molecule has 1 aliphatic rings. The van der Waals surface area contributed by atoms with Crippen LogP contribution in [0.15, 0.2) is 59.7 Å². The predicted octanol–water partition coefficient (Wildman–Crippen LogP) is 5.22. The Hall–Kier alpha value is -2.61. The number of hydrogen-bond acceptors (Lipinski definition) is 2. The van der Waals surface area contributed by atoms with Crippen molar-refractivity contribution in [2.75, 3.05) is 7.11 Å². The number of Topliss-reactive ketones (excluding diaryl/α,β-unsaturated/α-hetero) is 1. The fourth-order valence-electron chi connectivity index (χ4n) is 2.94. The number of allylic oxidation sites excluding steroid dienone is 2. The molecular formula is C22H22O2. The molecule has 0 bridgehead atoms. The molecular weight excluding hydrogens is 296 g/mol. The summed E-state index contributed by atoms with van der Waals surface area (Å²) in [4.78, 5) is 12.8. The van der Waals surface area contributed by atoms with Gasteiger partial charge in [0.15, 0.2) is 5.78 Å². The van der Waals surface area contributed by atoms with E-state index in [0.717, 1.165) is 47.3 Å². The molecule has 0 N–H and O–H groups in total. The maximum absolute atomic E-state index is 12.8. The van der Waals surface area contributed by atoms with E-state index in [1.54, 1.807) is 7.11 Å². The smallest absolute Gasteiger partial charge is 0.185 e. The molecule has 0 radical (unpaired) electrons. The second kappa shape index (κ2) is 7.31. The van der Waals surface area contributed by atoms with Gasteiger partial charge in [-0.3, -0.25) is 4.79 Å². The molecule has 2 aromatic carbocycles. The van der Waals surface area contributed by atoms with Gasteiger partial charge in [-0.05, 0) is 61.6 Å². The zero-order chi connectivity index (χ0) is 16.9. The molecule has 122 valence electrons. The molecule has 3 rings (SSSR count). The summed E-state index contributed by atoms with van der Waals surface area (Å²) < 4.78 is 5.18. The van der Waals surface area contributed by atoms with Gasteiger partial charge in [0.1, 0.15) is 5.75 Å². The summed E-state index contributed by atoms with van der Waals surface area (Å²) in [6.07, 6.45) is 6.75. The van der Waals surface area contributed by atoms with E-state index in [-0.39, 0.29) is 5.78 Å². The Morgan fingerprint density at radius 1 is 0.833 bits per heavy atom. The minimum absolute atomic E-state index is 0.178. The topological polar surface area (TPSA) is 26.3 Å². The van der Waals surface area contributed by atoms with Gasteiger partial charge < -0.3 is 4.74 Å². The average molecular weight is 318 g/mol. The molecule has 0 unspecified atom stereocenters. The fraction of sp³-hybridized carbons (Fsp3) is 0.227. The van der Waals surface area contributed by atoms with Gasteiger partial charge in [-0.2, -0.15) is 0 Å². The number of ether oxygens (including phenoxy) is 1. The standard InChI is InChI=1S/C22H22O2/c1-16-6-8-17(9-7-16)14-19-4-3-5-20(22(19)23)15-18-10-12-21(24-2)13-11-18/h6-15H,3-5H2,1-2H3/b19-14+,20-15+. The van der Waals surface area contributed by atoms with Crippen molar-refractivity contribution in [3.8, 4) is 5.75 Å². The van der Waals surface area contributed by atoms with Crippen LogP contribution in [-0.2, 0) is 4.79 Å². The Labute approximate surface area is 143 Å². The van der Waals surface area contributed by atoms with Gasteiger partial charge in [-0.1, -0.05) is 42.0 Å². The molecule has 2 heteroatoms. The van der Waals surface area contributed by atoms with E-state index in [1.165, 1.54) is 5.56 Å². The summed E-state index contributed by atoms with van der Waals surface area (Å²) in [7, 11) is 1.65. The van der Waals surface area contributed by atoms with E-state index < -0.39 is 0 Å². The summed E-state index contributed by atoms with van der Waals surface area (Å²) in [5.74, 6) is 1.00. The number of carbonyl (C=O) groups excluding carboxylic acids is 1. The number of benzene rings is 2. The Morgan fingerprint density at radius 2 is 1.33 bits per heavy atom. The van der Waals surface area contributed by atoms with Crippen molar-refractivity contribution < 1.29 is 9.53 Å². The van der Waals surface area contributed by atoms with E-state index in [1.807, 2.05) is 36.4 Å². The van der Waals surface area contributed by atoms with Gasteiger partial charge in [-0.15, -0.1) is 0 Å². The molecule has 2 aromatic rings. The molecule has 0 atom stereocenters. The van der Waals surface area contributed by atoms with Crippen molar-refractivity contribution in [2.45, 2.75) is 26.2 Å². The highest BCUT2D eigenvalue weighted by atomic mass is 16.5. The zero-order valence-electron chi connectivity index (χ0n) is 14.2. The molecule has 0 amide bonds. The van der Waals surface area contributed by atoms with Crippen LogP contribution in [0.2, 0.25) is 0 Å². The monoisotopic (exact) mass is 318 g/mol. The van der Waals surface area contributed by atoms with Crippen LogP contribution < -0.4 is 4.74 Å². The highest BCUT2D eigenvalue weighted by Crippen LogP contribution is 2.28. The van der Waals surface area contributed by atoms with Crippen LogP contribution in [0.1, 0.15) is 36.0 Å². The van der Waals surface area contributed by atoms with Gasteiger partial charge in [0, 0.05) is 11.1 Å². The first-order valence-corrected chi connectivity index (χ1v) is 8.32. The highest BCUT2D eigenvalue weighted by molar-refractivity contribution is 6.13. The lowest BCUT2D eigenvalue weighted by Gasteiger charge is -2.16. The van der Waals surface area contributed by atoms with Gasteiger partial charge in [0.2, 0.25) is 0 Å². The van der Waals surface area contributed by atoms with Crippen molar-refractivity contribution in [3.05, 3.63) is 76.4 Å². The first kappa shape index (κ1) is 16.3. The van der Waals surface area contributed by atoms with E-state index in [4.69, 9.17) is 4.74 Å². The van der Waals surface area contributed by atoms with Crippen molar-refractivity contribution in [1.29, 1.82) is 0 Å². The van der Waals surface area contributed by atoms with Gasteiger partial charge in [0.05, 0.1) is 7.11 Å². The second-order valence-electron chi connectivity index (χ2n) is 6.21. The fourth-order valence-corrected chi connectivity index (χ4v) is 2.94. The summed E-state index contributed by atoms with van der Waals surface area (Å²) in [6, 6.07) is 16.1. The first-order valence-electron chi connectivity index (χ1n) is 8.32. The van der Waals surface area contributed by atoms with E-state index in [9.17, 15) is 4.79 Å². The molecule has 1 saturated carbocycles. The largest absolute Gasteiger partial charge is 0.497 e. The Morgan fingerprint density at radius 3 is 1.83 bits per heavy atom. The van der Waals surface area contributed by atoms with Crippen molar-refractivity contribution >= 4 is 17.9 Å². The maximum Gasteiger partial charge on any atom is 0.185 e. The van der Waals surface area contributed by atoms with Crippen LogP contribution in [0.3, 0.4) is 0 Å². The van der Waals surface area contributed by atoms with Gasteiger partial charge >= 0.3 is 0 Å². The van der Waals surface area contributed by atoms with Crippen LogP contribution in [0, 0.1) is 6.92 Å². The molecule has 0 aromatic heterocycles. The summed E-state index contributed by atoms with van der Waals surface area (Å²) in [6.45, 7) is 2.07. The lowest BCUT2D eigenvalue weighted by Crippen LogP contribution is -2.12.